The fourth-order valence-electron chi connectivity index (χ4n) is 2.81. The van der Waals surface area contributed by atoms with Crippen LogP contribution in [0.3, 0.4) is 0 Å². The van der Waals surface area contributed by atoms with E-state index in [-0.39, 0.29) is 25.4 Å². The molecule has 0 aliphatic carbocycles. The zero-order valence-electron chi connectivity index (χ0n) is 14.0. The van der Waals surface area contributed by atoms with Crippen molar-refractivity contribution in [3.05, 3.63) is 23.8 Å². The molecule has 1 amide bonds. The summed E-state index contributed by atoms with van der Waals surface area (Å²) in [6.45, 7) is 0.693. The molecule has 1 saturated heterocycles. The summed E-state index contributed by atoms with van der Waals surface area (Å²) in [5, 5.41) is 11.9. The van der Waals surface area contributed by atoms with Gasteiger partial charge < -0.3 is 24.6 Å². The first-order valence-corrected chi connectivity index (χ1v) is 7.79. The number of aryl methyl sites for hydroxylation is 1. The number of rotatable bonds is 8. The third-order valence-corrected chi connectivity index (χ3v) is 4.05. The number of amides is 1. The minimum atomic E-state index is -0.946. The summed E-state index contributed by atoms with van der Waals surface area (Å²) < 4.78 is 15.7. The van der Waals surface area contributed by atoms with E-state index in [0.29, 0.717) is 30.9 Å². The Kier molecular flexibility index (Phi) is 6.03. The minimum Gasteiger partial charge on any atom is -0.497 e. The molecule has 2 N–H and O–H groups in total. The third-order valence-electron chi connectivity index (χ3n) is 4.05. The van der Waals surface area contributed by atoms with Crippen molar-refractivity contribution in [2.75, 3.05) is 27.4 Å². The first-order chi connectivity index (χ1) is 11.5. The topological polar surface area (TPSA) is 94.1 Å². The van der Waals surface area contributed by atoms with Gasteiger partial charge in [0, 0.05) is 19.1 Å². The van der Waals surface area contributed by atoms with Crippen LogP contribution in [-0.4, -0.2) is 50.0 Å². The molecule has 1 aliphatic heterocycles. The Morgan fingerprint density at radius 3 is 2.42 bits per heavy atom. The molecule has 1 aromatic rings. The van der Waals surface area contributed by atoms with Gasteiger partial charge in [0.1, 0.15) is 11.5 Å². The van der Waals surface area contributed by atoms with Crippen LogP contribution < -0.4 is 14.8 Å². The van der Waals surface area contributed by atoms with E-state index < -0.39 is 11.5 Å². The van der Waals surface area contributed by atoms with Crippen LogP contribution in [0.25, 0.3) is 0 Å². The lowest BCUT2D eigenvalue weighted by molar-refractivity contribution is -0.139. The van der Waals surface area contributed by atoms with Gasteiger partial charge in [-0.3, -0.25) is 9.59 Å². The van der Waals surface area contributed by atoms with Gasteiger partial charge in [0.2, 0.25) is 5.91 Å². The Labute approximate surface area is 140 Å². The summed E-state index contributed by atoms with van der Waals surface area (Å²) in [7, 11) is 3.14. The quantitative estimate of drug-likeness (QED) is 0.744. The van der Waals surface area contributed by atoms with E-state index >= 15 is 0 Å². The summed E-state index contributed by atoms with van der Waals surface area (Å²) in [6.07, 6.45) is 1.13. The van der Waals surface area contributed by atoms with E-state index in [9.17, 15) is 9.59 Å². The molecular formula is C17H23NO6. The van der Waals surface area contributed by atoms with E-state index in [1.54, 1.807) is 20.3 Å². The van der Waals surface area contributed by atoms with Crippen LogP contribution >= 0.6 is 0 Å². The highest BCUT2D eigenvalue weighted by atomic mass is 16.5. The molecule has 0 spiro atoms. The number of nitrogens with one attached hydrogen (secondary N) is 1. The molecule has 0 aromatic heterocycles. The van der Waals surface area contributed by atoms with Crippen molar-refractivity contribution in [3.63, 3.8) is 0 Å². The molecule has 7 heteroatoms. The van der Waals surface area contributed by atoms with Gasteiger partial charge in [-0.2, -0.15) is 0 Å². The number of aliphatic carboxylic acids is 1. The zero-order valence-corrected chi connectivity index (χ0v) is 14.0. The lowest BCUT2D eigenvalue weighted by atomic mass is 9.94. The maximum Gasteiger partial charge on any atom is 0.305 e. The highest BCUT2D eigenvalue weighted by Gasteiger charge is 2.38. The number of carbonyl (C=O) groups is 2. The van der Waals surface area contributed by atoms with Crippen molar-refractivity contribution < 1.29 is 28.9 Å². The first-order valence-electron chi connectivity index (χ1n) is 7.79. The van der Waals surface area contributed by atoms with E-state index in [1.165, 1.54) is 0 Å². The summed E-state index contributed by atoms with van der Waals surface area (Å²) in [6, 6.07) is 5.46. The molecular weight excluding hydrogens is 314 g/mol. The number of carboxylic acid groups (broad SMARTS) is 1. The second-order valence-corrected chi connectivity index (χ2v) is 5.92. The average Bonchev–Trinajstić information content (AvgIpc) is 2.99. The molecule has 0 bridgehead atoms. The second kappa shape index (κ2) is 8.01. The molecule has 0 radical (unpaired) electrons. The van der Waals surface area contributed by atoms with Crippen LogP contribution in [0.4, 0.5) is 0 Å². The summed E-state index contributed by atoms with van der Waals surface area (Å²) in [4.78, 5) is 23.3. The predicted octanol–water partition coefficient (Wildman–Crippen LogP) is 1.39. The Hall–Kier alpha value is -2.28. The number of hydrogen-bond donors (Lipinski definition) is 2. The molecule has 1 atom stereocenters. The standard InChI is InChI=1S/C17H23NO6/c1-22-13-7-12(8-14(9-13)23-2)3-4-15(19)18-17(10-16(20)21)5-6-24-11-17/h7-9H,3-6,10-11H2,1-2H3,(H,18,19)(H,20,21). The second-order valence-electron chi connectivity index (χ2n) is 5.92. The largest absolute Gasteiger partial charge is 0.497 e. The number of ether oxygens (including phenoxy) is 3. The summed E-state index contributed by atoms with van der Waals surface area (Å²) >= 11 is 0. The van der Waals surface area contributed by atoms with Gasteiger partial charge in [-0.05, 0) is 30.5 Å². The van der Waals surface area contributed by atoms with Crippen LogP contribution in [0.1, 0.15) is 24.8 Å². The van der Waals surface area contributed by atoms with E-state index in [0.717, 1.165) is 5.56 Å². The van der Waals surface area contributed by atoms with Crippen LogP contribution in [0.5, 0.6) is 11.5 Å². The molecule has 1 aliphatic rings. The van der Waals surface area contributed by atoms with Crippen molar-refractivity contribution in [2.45, 2.75) is 31.2 Å². The Balaban J connectivity index is 1.96. The normalized spacial score (nSPS) is 19.8. The van der Waals surface area contributed by atoms with Gasteiger partial charge in [-0.15, -0.1) is 0 Å². The van der Waals surface area contributed by atoms with Gasteiger partial charge in [0.15, 0.2) is 0 Å². The number of carbonyl (C=O) groups excluding carboxylic acids is 1. The molecule has 1 heterocycles. The van der Waals surface area contributed by atoms with E-state index in [1.807, 2.05) is 12.1 Å². The molecule has 7 nitrogen and oxygen atoms in total. The van der Waals surface area contributed by atoms with Crippen LogP contribution in [0.2, 0.25) is 0 Å². The fraction of sp³-hybridized carbons (Fsp3) is 0.529. The van der Waals surface area contributed by atoms with Crippen molar-refractivity contribution >= 4 is 11.9 Å². The van der Waals surface area contributed by atoms with Crippen molar-refractivity contribution in [3.8, 4) is 11.5 Å². The smallest absolute Gasteiger partial charge is 0.305 e. The van der Waals surface area contributed by atoms with Crippen LogP contribution in [0.15, 0.2) is 18.2 Å². The van der Waals surface area contributed by atoms with Crippen LogP contribution in [0, 0.1) is 0 Å². The van der Waals surface area contributed by atoms with Gasteiger partial charge >= 0.3 is 5.97 Å². The first kappa shape index (κ1) is 18.1. The lowest BCUT2D eigenvalue weighted by Gasteiger charge is -2.27. The number of benzene rings is 1. The average molecular weight is 337 g/mol. The molecule has 1 aromatic carbocycles. The number of methoxy groups -OCH3 is 2. The highest BCUT2D eigenvalue weighted by Crippen LogP contribution is 2.25. The van der Waals surface area contributed by atoms with E-state index in [4.69, 9.17) is 19.3 Å². The van der Waals surface area contributed by atoms with Gasteiger partial charge in [0.05, 0.1) is 32.8 Å². The zero-order chi connectivity index (χ0) is 17.6. The van der Waals surface area contributed by atoms with E-state index in [2.05, 4.69) is 5.32 Å². The van der Waals surface area contributed by atoms with Crippen molar-refractivity contribution in [1.29, 1.82) is 0 Å². The maximum absolute atomic E-state index is 12.2. The Morgan fingerprint density at radius 2 is 1.92 bits per heavy atom. The summed E-state index contributed by atoms with van der Waals surface area (Å²) in [5.41, 5.74) is 0.117. The molecule has 0 saturated carbocycles. The Morgan fingerprint density at radius 1 is 1.25 bits per heavy atom. The van der Waals surface area contributed by atoms with Gasteiger partial charge in [-0.1, -0.05) is 0 Å². The molecule has 132 valence electrons. The van der Waals surface area contributed by atoms with Gasteiger partial charge in [0.25, 0.3) is 0 Å². The number of carboxylic acids is 1. The molecule has 1 unspecified atom stereocenters. The predicted molar refractivity (Wildman–Crippen MR) is 86.4 cm³/mol. The fourth-order valence-corrected chi connectivity index (χ4v) is 2.81. The monoisotopic (exact) mass is 337 g/mol. The number of hydrogen-bond acceptors (Lipinski definition) is 5. The van der Waals surface area contributed by atoms with Crippen molar-refractivity contribution in [1.82, 2.24) is 5.32 Å². The van der Waals surface area contributed by atoms with Crippen LogP contribution in [-0.2, 0) is 20.7 Å². The van der Waals surface area contributed by atoms with Gasteiger partial charge in [-0.25, -0.2) is 0 Å². The maximum atomic E-state index is 12.2. The minimum absolute atomic E-state index is 0.133. The SMILES string of the molecule is COc1cc(CCC(=O)NC2(CC(=O)O)CCOC2)cc(OC)c1. The Bertz CT molecular complexity index is 572. The summed E-state index contributed by atoms with van der Waals surface area (Å²) in [5.74, 6) is 0.189. The van der Waals surface area contributed by atoms with Crippen molar-refractivity contribution in [2.24, 2.45) is 0 Å². The highest BCUT2D eigenvalue weighted by molar-refractivity contribution is 5.78. The third kappa shape index (κ3) is 4.86. The molecule has 2 rings (SSSR count). The molecule has 24 heavy (non-hydrogen) atoms. The molecule has 1 fully saturated rings. The lowest BCUT2D eigenvalue weighted by Crippen LogP contribution is -2.50.